The van der Waals surface area contributed by atoms with E-state index >= 15 is 0 Å². The van der Waals surface area contributed by atoms with E-state index < -0.39 is 4.92 Å². The van der Waals surface area contributed by atoms with E-state index in [1.54, 1.807) is 6.07 Å². The van der Waals surface area contributed by atoms with Crippen LogP contribution in [0.4, 0.5) is 5.69 Å². The molecule has 0 radical (unpaired) electrons. The highest BCUT2D eigenvalue weighted by atomic mass is 35.5. The lowest BCUT2D eigenvalue weighted by Gasteiger charge is -2.00. The van der Waals surface area contributed by atoms with Gasteiger partial charge in [0.2, 0.25) is 4.77 Å². The number of unbranched alkanes of at least 4 members (excludes halogenated alkanes) is 1. The minimum Gasteiger partial charge on any atom is -0.258 e. The van der Waals surface area contributed by atoms with Gasteiger partial charge in [-0.3, -0.25) is 15.2 Å². The fourth-order valence-electron chi connectivity index (χ4n) is 1.81. The zero-order valence-electron chi connectivity index (χ0n) is 11.8. The Balaban J connectivity index is 2.29. The van der Waals surface area contributed by atoms with Gasteiger partial charge in [0.05, 0.1) is 11.1 Å². The van der Waals surface area contributed by atoms with Crippen LogP contribution in [0, 0.1) is 14.9 Å². The summed E-state index contributed by atoms with van der Waals surface area (Å²) in [5.41, 5.74) is 0.397. The van der Waals surface area contributed by atoms with Crippen LogP contribution >= 0.6 is 23.8 Å². The van der Waals surface area contributed by atoms with Crippen LogP contribution in [0.3, 0.4) is 0 Å². The van der Waals surface area contributed by atoms with Gasteiger partial charge < -0.3 is 0 Å². The molecule has 0 unspecified atom stereocenters. The molecule has 0 saturated heterocycles. The molecule has 2 rings (SSSR count). The SMILES string of the molecule is CCCCc1n[nH]c(=S)n1/N=C\c1ccc(Cl)c([N+](=O)[O-])c1. The number of nitro groups is 1. The Morgan fingerprint density at radius 2 is 2.36 bits per heavy atom. The summed E-state index contributed by atoms with van der Waals surface area (Å²) in [5, 5.41) is 22.0. The molecule has 1 aromatic heterocycles. The predicted molar refractivity (Wildman–Crippen MR) is 87.1 cm³/mol. The van der Waals surface area contributed by atoms with Crippen molar-refractivity contribution in [3.05, 3.63) is 49.5 Å². The van der Waals surface area contributed by atoms with Crippen LogP contribution in [-0.2, 0) is 6.42 Å². The second-order valence-electron chi connectivity index (χ2n) is 4.57. The molecule has 1 aromatic carbocycles. The number of aromatic nitrogens is 3. The molecule has 0 atom stereocenters. The quantitative estimate of drug-likeness (QED) is 0.376. The highest BCUT2D eigenvalue weighted by Crippen LogP contribution is 2.24. The monoisotopic (exact) mass is 339 g/mol. The summed E-state index contributed by atoms with van der Waals surface area (Å²) in [6, 6.07) is 4.48. The topological polar surface area (TPSA) is 89.1 Å². The van der Waals surface area contributed by atoms with Crippen LogP contribution < -0.4 is 0 Å². The number of hydrogen-bond donors (Lipinski definition) is 1. The van der Waals surface area contributed by atoms with Gasteiger partial charge in [0.1, 0.15) is 5.02 Å². The summed E-state index contributed by atoms with van der Waals surface area (Å²) < 4.78 is 1.90. The Labute approximate surface area is 136 Å². The molecular formula is C13H14ClN5O2S. The molecule has 22 heavy (non-hydrogen) atoms. The van der Waals surface area contributed by atoms with Gasteiger partial charge in [-0.2, -0.15) is 14.9 Å². The number of H-pyrrole nitrogens is 1. The summed E-state index contributed by atoms with van der Waals surface area (Å²) in [6.45, 7) is 2.09. The van der Waals surface area contributed by atoms with Gasteiger partial charge in [0, 0.05) is 18.1 Å². The maximum atomic E-state index is 10.9. The average Bonchev–Trinajstić information content (AvgIpc) is 2.84. The third-order valence-corrected chi connectivity index (χ3v) is 3.54. The van der Waals surface area contributed by atoms with E-state index in [0.717, 1.165) is 25.1 Å². The molecule has 1 N–H and O–H groups in total. The summed E-state index contributed by atoms with van der Waals surface area (Å²) in [7, 11) is 0. The highest BCUT2D eigenvalue weighted by molar-refractivity contribution is 7.71. The summed E-state index contributed by atoms with van der Waals surface area (Å²) in [4.78, 5) is 10.3. The van der Waals surface area contributed by atoms with E-state index in [9.17, 15) is 10.1 Å². The molecule has 0 fully saturated rings. The first-order chi connectivity index (χ1) is 10.5. The minimum absolute atomic E-state index is 0.0886. The molecule has 9 heteroatoms. The highest BCUT2D eigenvalue weighted by Gasteiger charge is 2.12. The van der Waals surface area contributed by atoms with Gasteiger partial charge in [0.15, 0.2) is 5.82 Å². The van der Waals surface area contributed by atoms with Gasteiger partial charge >= 0.3 is 0 Å². The van der Waals surface area contributed by atoms with Crippen LogP contribution in [0.2, 0.25) is 5.02 Å². The molecular weight excluding hydrogens is 326 g/mol. The number of aryl methyl sites for hydroxylation is 1. The van der Waals surface area contributed by atoms with Crippen molar-refractivity contribution in [2.75, 3.05) is 0 Å². The third-order valence-electron chi connectivity index (χ3n) is 2.96. The van der Waals surface area contributed by atoms with Crippen LogP contribution in [0.1, 0.15) is 31.2 Å². The molecule has 0 amide bonds. The maximum absolute atomic E-state index is 10.9. The predicted octanol–water partition coefficient (Wildman–Crippen LogP) is 3.73. The first kappa shape index (κ1) is 16.3. The van der Waals surface area contributed by atoms with Crippen molar-refractivity contribution in [3.8, 4) is 0 Å². The van der Waals surface area contributed by atoms with E-state index in [4.69, 9.17) is 23.8 Å². The van der Waals surface area contributed by atoms with Crippen LogP contribution in [0.25, 0.3) is 0 Å². The van der Waals surface area contributed by atoms with Crippen molar-refractivity contribution in [1.29, 1.82) is 0 Å². The molecule has 0 bridgehead atoms. The molecule has 0 aliphatic rings. The van der Waals surface area contributed by atoms with Gasteiger partial charge in [0.25, 0.3) is 5.69 Å². The molecule has 0 aliphatic heterocycles. The normalized spacial score (nSPS) is 11.2. The van der Waals surface area contributed by atoms with Crippen molar-refractivity contribution >= 4 is 35.7 Å². The molecule has 0 aliphatic carbocycles. The smallest absolute Gasteiger partial charge is 0.258 e. The van der Waals surface area contributed by atoms with Crippen molar-refractivity contribution in [3.63, 3.8) is 0 Å². The zero-order chi connectivity index (χ0) is 16.1. The second-order valence-corrected chi connectivity index (χ2v) is 5.37. The standard InChI is InChI=1S/C13H14ClN5O2S/c1-2-3-4-12-16-17-13(22)18(12)15-8-9-5-6-10(14)11(7-9)19(20)21/h5-8H,2-4H2,1H3,(H,17,22)/b15-8-. The fraction of sp³-hybridized carbons (Fsp3) is 0.308. The van der Waals surface area contributed by atoms with Crippen LogP contribution in [0.15, 0.2) is 23.3 Å². The number of rotatable bonds is 6. The van der Waals surface area contributed by atoms with Crippen molar-refractivity contribution in [2.45, 2.75) is 26.2 Å². The number of halogens is 1. The lowest BCUT2D eigenvalue weighted by Crippen LogP contribution is -1.99. The van der Waals surface area contributed by atoms with Crippen molar-refractivity contribution < 1.29 is 4.92 Å². The lowest BCUT2D eigenvalue weighted by atomic mass is 10.2. The van der Waals surface area contributed by atoms with E-state index in [1.165, 1.54) is 23.0 Å². The van der Waals surface area contributed by atoms with Gasteiger partial charge in [-0.25, -0.2) is 0 Å². The second kappa shape index (κ2) is 7.28. The zero-order valence-corrected chi connectivity index (χ0v) is 13.4. The average molecular weight is 340 g/mol. The number of aromatic amines is 1. The third kappa shape index (κ3) is 3.77. The van der Waals surface area contributed by atoms with Crippen LogP contribution in [0.5, 0.6) is 0 Å². The van der Waals surface area contributed by atoms with Gasteiger partial charge in [-0.1, -0.05) is 31.0 Å². The van der Waals surface area contributed by atoms with E-state index in [2.05, 4.69) is 22.2 Å². The molecule has 2 aromatic rings. The Hall–Kier alpha value is -2.06. The number of nitrogens with one attached hydrogen (secondary N) is 1. The van der Waals surface area contributed by atoms with E-state index in [0.29, 0.717) is 10.3 Å². The van der Waals surface area contributed by atoms with E-state index in [-0.39, 0.29) is 10.7 Å². The van der Waals surface area contributed by atoms with E-state index in [1.807, 2.05) is 0 Å². The summed E-state index contributed by atoms with van der Waals surface area (Å²) in [6.07, 6.45) is 4.25. The van der Waals surface area contributed by atoms with Gasteiger partial charge in [-0.05, 0) is 24.7 Å². The Morgan fingerprint density at radius 3 is 3.05 bits per heavy atom. The Morgan fingerprint density at radius 1 is 1.59 bits per heavy atom. The molecule has 116 valence electrons. The Kier molecular flexibility index (Phi) is 5.40. The van der Waals surface area contributed by atoms with Crippen molar-refractivity contribution in [2.24, 2.45) is 5.10 Å². The number of hydrogen-bond acceptors (Lipinski definition) is 5. The molecule has 7 nitrogen and oxygen atoms in total. The number of nitrogens with zero attached hydrogens (tertiary/aromatic N) is 4. The summed E-state index contributed by atoms with van der Waals surface area (Å²) in [5.74, 6) is 0.728. The van der Waals surface area contributed by atoms with Crippen molar-refractivity contribution in [1.82, 2.24) is 14.9 Å². The largest absolute Gasteiger partial charge is 0.288 e. The minimum atomic E-state index is -0.532. The first-order valence-corrected chi connectivity index (χ1v) is 7.46. The van der Waals surface area contributed by atoms with Crippen LogP contribution in [-0.4, -0.2) is 26.0 Å². The Bertz CT molecular complexity index is 768. The maximum Gasteiger partial charge on any atom is 0.288 e. The molecule has 1 heterocycles. The van der Waals surface area contributed by atoms with Gasteiger partial charge in [-0.15, -0.1) is 0 Å². The molecule has 0 saturated carbocycles. The fourth-order valence-corrected chi connectivity index (χ4v) is 2.20. The summed E-state index contributed by atoms with van der Waals surface area (Å²) >= 11 is 10.9. The number of benzene rings is 1. The number of nitro benzene ring substituents is 1. The lowest BCUT2D eigenvalue weighted by molar-refractivity contribution is -0.384. The molecule has 0 spiro atoms. The first-order valence-electron chi connectivity index (χ1n) is 6.67.